The van der Waals surface area contributed by atoms with E-state index < -0.39 is 11.9 Å². The Kier molecular flexibility index (Phi) is 4.24. The Labute approximate surface area is 152 Å². The number of primary amides is 2. The van der Waals surface area contributed by atoms with E-state index in [9.17, 15) is 9.59 Å². The lowest BCUT2D eigenvalue weighted by atomic mass is 9.73. The van der Waals surface area contributed by atoms with E-state index in [0.29, 0.717) is 12.0 Å². The monoisotopic (exact) mass is 349 g/mol. The third-order valence-corrected chi connectivity index (χ3v) is 5.73. The summed E-state index contributed by atoms with van der Waals surface area (Å²) in [6, 6.07) is 13.6. The molecule has 4 rings (SSSR count). The molecule has 5 heteroatoms. The molecule has 2 aromatic rings. The minimum atomic E-state index is -0.457. The minimum absolute atomic E-state index is 0.000346. The van der Waals surface area contributed by atoms with Crippen LogP contribution in [0, 0.1) is 0 Å². The van der Waals surface area contributed by atoms with Crippen LogP contribution in [0.25, 0.3) is 0 Å². The van der Waals surface area contributed by atoms with Gasteiger partial charge in [0.1, 0.15) is 0 Å². The van der Waals surface area contributed by atoms with Crippen molar-refractivity contribution in [2.45, 2.75) is 43.7 Å². The molecule has 1 aliphatic heterocycles. The zero-order valence-electron chi connectivity index (χ0n) is 14.6. The minimum Gasteiger partial charge on any atom is -0.368 e. The summed E-state index contributed by atoms with van der Waals surface area (Å²) in [6.07, 6.45) is 3.75. The number of amides is 2. The van der Waals surface area contributed by atoms with E-state index in [0.717, 1.165) is 30.4 Å². The van der Waals surface area contributed by atoms with Gasteiger partial charge in [-0.1, -0.05) is 30.3 Å². The Balaban J connectivity index is 1.79. The maximum absolute atomic E-state index is 11.9. The fourth-order valence-corrected chi connectivity index (χ4v) is 4.48. The highest BCUT2D eigenvalue weighted by Crippen LogP contribution is 2.43. The summed E-state index contributed by atoms with van der Waals surface area (Å²) in [7, 11) is 0. The molecule has 1 heterocycles. The van der Waals surface area contributed by atoms with Crippen LogP contribution in [0.15, 0.2) is 42.5 Å². The SMILES string of the molecule is NC(=O)c1ccc2c(c1)CC(C(N)=O)NC2[C@@H]1CCCc2ccccc21. The highest BCUT2D eigenvalue weighted by atomic mass is 16.1. The largest absolute Gasteiger partial charge is 0.368 e. The van der Waals surface area contributed by atoms with Crippen LogP contribution in [0.2, 0.25) is 0 Å². The van der Waals surface area contributed by atoms with Crippen LogP contribution >= 0.6 is 0 Å². The predicted molar refractivity (Wildman–Crippen MR) is 99.6 cm³/mol. The lowest BCUT2D eigenvalue weighted by molar-refractivity contribution is -0.120. The van der Waals surface area contributed by atoms with E-state index in [-0.39, 0.29) is 17.9 Å². The van der Waals surface area contributed by atoms with Crippen molar-refractivity contribution in [3.05, 3.63) is 70.3 Å². The first-order chi connectivity index (χ1) is 12.5. The first kappa shape index (κ1) is 16.8. The molecule has 0 spiro atoms. The average Bonchev–Trinajstić information content (AvgIpc) is 2.66. The molecule has 0 aromatic heterocycles. The number of rotatable bonds is 3. The van der Waals surface area contributed by atoms with Crippen molar-refractivity contribution >= 4 is 11.8 Å². The van der Waals surface area contributed by atoms with Crippen molar-refractivity contribution in [2.24, 2.45) is 11.5 Å². The van der Waals surface area contributed by atoms with E-state index in [1.807, 2.05) is 12.1 Å². The average molecular weight is 349 g/mol. The van der Waals surface area contributed by atoms with Gasteiger partial charge in [0.2, 0.25) is 11.8 Å². The lowest BCUT2D eigenvalue weighted by Gasteiger charge is -2.39. The van der Waals surface area contributed by atoms with Gasteiger partial charge in [-0.05, 0) is 60.1 Å². The molecule has 2 unspecified atom stereocenters. The second kappa shape index (κ2) is 6.57. The second-order valence-electron chi connectivity index (χ2n) is 7.28. The molecular formula is C21H23N3O2. The van der Waals surface area contributed by atoms with Gasteiger partial charge in [-0.15, -0.1) is 0 Å². The lowest BCUT2D eigenvalue weighted by Crippen LogP contribution is -2.49. The van der Waals surface area contributed by atoms with Crippen LogP contribution in [0.1, 0.15) is 57.4 Å². The van der Waals surface area contributed by atoms with Gasteiger partial charge in [0.25, 0.3) is 0 Å². The van der Waals surface area contributed by atoms with Crippen LogP contribution < -0.4 is 16.8 Å². The number of hydrogen-bond acceptors (Lipinski definition) is 3. The smallest absolute Gasteiger partial charge is 0.248 e. The summed E-state index contributed by atoms with van der Waals surface area (Å²) in [4.78, 5) is 23.5. The third-order valence-electron chi connectivity index (χ3n) is 5.73. The molecule has 5 N–H and O–H groups in total. The van der Waals surface area contributed by atoms with Crippen molar-refractivity contribution in [3.63, 3.8) is 0 Å². The number of nitrogens with two attached hydrogens (primary N) is 2. The fourth-order valence-electron chi connectivity index (χ4n) is 4.48. The quantitative estimate of drug-likeness (QED) is 0.790. The summed E-state index contributed by atoms with van der Waals surface area (Å²) < 4.78 is 0. The van der Waals surface area contributed by atoms with Crippen LogP contribution in [0.5, 0.6) is 0 Å². The van der Waals surface area contributed by atoms with Gasteiger partial charge >= 0.3 is 0 Å². The van der Waals surface area contributed by atoms with E-state index in [4.69, 9.17) is 11.5 Å². The molecule has 2 aliphatic rings. The van der Waals surface area contributed by atoms with Crippen LogP contribution in [0.4, 0.5) is 0 Å². The number of carbonyl (C=O) groups excluding carboxylic acids is 2. The normalized spacial score (nSPS) is 24.4. The molecule has 0 saturated carbocycles. The summed E-state index contributed by atoms with van der Waals surface area (Å²) in [6.45, 7) is 0. The predicted octanol–water partition coefficient (Wildman–Crippen LogP) is 1.95. The van der Waals surface area contributed by atoms with Crippen molar-refractivity contribution < 1.29 is 9.59 Å². The molecule has 134 valence electrons. The van der Waals surface area contributed by atoms with Gasteiger partial charge in [0.15, 0.2) is 0 Å². The number of carbonyl (C=O) groups is 2. The highest BCUT2D eigenvalue weighted by molar-refractivity contribution is 5.93. The molecule has 2 amide bonds. The van der Waals surface area contributed by atoms with Gasteiger partial charge in [-0.2, -0.15) is 0 Å². The third kappa shape index (κ3) is 2.88. The molecule has 2 aromatic carbocycles. The van der Waals surface area contributed by atoms with E-state index in [2.05, 4.69) is 29.6 Å². The number of hydrogen-bond donors (Lipinski definition) is 3. The Morgan fingerprint density at radius 3 is 2.58 bits per heavy atom. The van der Waals surface area contributed by atoms with Gasteiger partial charge in [-0.3, -0.25) is 14.9 Å². The topological polar surface area (TPSA) is 98.2 Å². The Hall–Kier alpha value is -2.66. The molecule has 26 heavy (non-hydrogen) atoms. The van der Waals surface area contributed by atoms with Gasteiger partial charge in [-0.25, -0.2) is 0 Å². The first-order valence-electron chi connectivity index (χ1n) is 9.10. The Morgan fingerprint density at radius 2 is 1.81 bits per heavy atom. The van der Waals surface area contributed by atoms with Crippen molar-refractivity contribution in [1.82, 2.24) is 5.32 Å². The molecule has 1 aliphatic carbocycles. The number of fused-ring (bicyclic) bond motifs is 2. The van der Waals surface area contributed by atoms with E-state index >= 15 is 0 Å². The summed E-state index contributed by atoms with van der Waals surface area (Å²) >= 11 is 0. The molecular weight excluding hydrogens is 326 g/mol. The molecule has 0 fully saturated rings. The molecule has 0 bridgehead atoms. The maximum atomic E-state index is 11.9. The van der Waals surface area contributed by atoms with E-state index in [1.54, 1.807) is 6.07 Å². The Bertz CT molecular complexity index is 877. The molecule has 5 nitrogen and oxygen atoms in total. The zero-order valence-corrected chi connectivity index (χ0v) is 14.6. The second-order valence-corrected chi connectivity index (χ2v) is 7.28. The Morgan fingerprint density at radius 1 is 1.00 bits per heavy atom. The molecule has 0 radical (unpaired) electrons. The van der Waals surface area contributed by atoms with Crippen LogP contribution in [0.3, 0.4) is 0 Å². The summed E-state index contributed by atoms with van der Waals surface area (Å²) in [5, 5.41) is 3.48. The number of aryl methyl sites for hydroxylation is 1. The van der Waals surface area contributed by atoms with Gasteiger partial charge in [0, 0.05) is 17.5 Å². The standard InChI is InChI=1S/C21H23N3O2/c22-20(25)13-8-9-16-14(10-13)11-18(21(23)26)24-19(16)17-7-3-5-12-4-1-2-6-15(12)17/h1-2,4,6,8-10,17-19,24H,3,5,7,11H2,(H2,22,25)(H2,23,26)/t17-,18?,19?/m1/s1. The summed E-state index contributed by atoms with van der Waals surface area (Å²) in [5.74, 6) is -0.545. The van der Waals surface area contributed by atoms with Crippen LogP contribution in [-0.4, -0.2) is 17.9 Å². The van der Waals surface area contributed by atoms with E-state index in [1.165, 1.54) is 11.1 Å². The van der Waals surface area contributed by atoms with Gasteiger partial charge < -0.3 is 11.5 Å². The number of nitrogens with one attached hydrogen (secondary N) is 1. The van der Waals surface area contributed by atoms with Crippen molar-refractivity contribution in [3.8, 4) is 0 Å². The number of benzene rings is 2. The first-order valence-corrected chi connectivity index (χ1v) is 9.10. The zero-order chi connectivity index (χ0) is 18.3. The van der Waals surface area contributed by atoms with Gasteiger partial charge in [0.05, 0.1) is 6.04 Å². The maximum Gasteiger partial charge on any atom is 0.248 e. The van der Waals surface area contributed by atoms with Crippen LogP contribution in [-0.2, 0) is 17.6 Å². The van der Waals surface area contributed by atoms with Crippen molar-refractivity contribution in [1.29, 1.82) is 0 Å². The fraction of sp³-hybridized carbons (Fsp3) is 0.333. The molecule has 3 atom stereocenters. The highest BCUT2D eigenvalue weighted by Gasteiger charge is 2.36. The molecule has 0 saturated heterocycles. The van der Waals surface area contributed by atoms with Crippen molar-refractivity contribution in [2.75, 3.05) is 0 Å². The summed E-state index contributed by atoms with van der Waals surface area (Å²) in [5.41, 5.74) is 16.4.